The van der Waals surface area contributed by atoms with Crippen molar-refractivity contribution in [3.8, 4) is 5.75 Å². The lowest BCUT2D eigenvalue weighted by molar-refractivity contribution is 0.305. The number of nitrogens with zero attached hydrogens (tertiary/aromatic N) is 2. The highest BCUT2D eigenvalue weighted by atomic mass is 79.9. The molecule has 0 N–H and O–H groups in total. The van der Waals surface area contributed by atoms with Crippen LogP contribution in [0.4, 0.5) is 0 Å². The van der Waals surface area contributed by atoms with Crippen LogP contribution in [-0.2, 0) is 6.61 Å². The first-order chi connectivity index (χ1) is 9.65. The van der Waals surface area contributed by atoms with E-state index in [9.17, 15) is 0 Å². The maximum atomic E-state index is 5.87. The molecule has 2 rings (SSSR count). The fourth-order valence-corrected chi connectivity index (χ4v) is 1.90. The fraction of sp³-hybridized carbons (Fsp3) is 0.188. The van der Waals surface area contributed by atoms with Crippen LogP contribution in [0, 0.1) is 0 Å². The molecule has 0 radical (unpaired) electrons. The lowest BCUT2D eigenvalue weighted by Gasteiger charge is -2.10. The molecule has 0 atom stereocenters. The zero-order valence-corrected chi connectivity index (χ0v) is 13.2. The molecule has 104 valence electrons. The maximum absolute atomic E-state index is 5.87. The Bertz CT molecular complexity index is 579. The summed E-state index contributed by atoms with van der Waals surface area (Å²) < 4.78 is 6.94. The Balaban J connectivity index is 2.07. The van der Waals surface area contributed by atoms with E-state index in [0.29, 0.717) is 6.61 Å². The number of ether oxygens (including phenoxy) is 1. The minimum absolute atomic E-state index is 0.542. The quantitative estimate of drug-likeness (QED) is 0.612. The molecule has 3 nitrogen and oxygen atoms in total. The van der Waals surface area contributed by atoms with Gasteiger partial charge in [0.15, 0.2) is 0 Å². The Morgan fingerprint density at radius 3 is 2.50 bits per heavy atom. The Morgan fingerprint density at radius 2 is 1.80 bits per heavy atom. The molecule has 4 heteroatoms. The van der Waals surface area contributed by atoms with E-state index in [1.54, 1.807) is 11.2 Å². The second kappa shape index (κ2) is 7.10. The van der Waals surface area contributed by atoms with Crippen LogP contribution in [-0.4, -0.2) is 25.3 Å². The SMILES string of the molecule is CN(C)/N=C/c1ccccc1OCc1ccc(Br)cc1. The van der Waals surface area contributed by atoms with Crippen LogP contribution in [0.15, 0.2) is 58.1 Å². The first-order valence-electron chi connectivity index (χ1n) is 6.33. The summed E-state index contributed by atoms with van der Waals surface area (Å²) in [6, 6.07) is 16.0. The summed E-state index contributed by atoms with van der Waals surface area (Å²) in [6.45, 7) is 0.542. The number of hydrazone groups is 1. The predicted molar refractivity (Wildman–Crippen MR) is 86.2 cm³/mol. The van der Waals surface area contributed by atoms with Gasteiger partial charge in [-0.1, -0.05) is 40.2 Å². The number of halogens is 1. The van der Waals surface area contributed by atoms with Gasteiger partial charge in [0.05, 0.1) is 6.21 Å². The summed E-state index contributed by atoms with van der Waals surface area (Å²) in [6.07, 6.45) is 1.80. The molecule has 0 aliphatic heterocycles. The van der Waals surface area contributed by atoms with Crippen molar-refractivity contribution < 1.29 is 4.74 Å². The van der Waals surface area contributed by atoms with E-state index in [2.05, 4.69) is 21.0 Å². The Hall–Kier alpha value is -1.81. The second-order valence-electron chi connectivity index (χ2n) is 4.54. The fourth-order valence-electron chi connectivity index (χ4n) is 1.64. The largest absolute Gasteiger partial charge is 0.488 e. The van der Waals surface area contributed by atoms with E-state index < -0.39 is 0 Å². The van der Waals surface area contributed by atoms with Crippen molar-refractivity contribution in [3.05, 3.63) is 64.1 Å². The van der Waals surface area contributed by atoms with Gasteiger partial charge in [-0.15, -0.1) is 0 Å². The third-order valence-electron chi connectivity index (χ3n) is 2.65. The first-order valence-corrected chi connectivity index (χ1v) is 7.12. The number of para-hydroxylation sites is 1. The first kappa shape index (κ1) is 14.6. The zero-order valence-electron chi connectivity index (χ0n) is 11.6. The predicted octanol–water partition coefficient (Wildman–Crippen LogP) is 3.92. The van der Waals surface area contributed by atoms with Crippen LogP contribution >= 0.6 is 15.9 Å². The van der Waals surface area contributed by atoms with Crippen molar-refractivity contribution in [1.29, 1.82) is 0 Å². The standard InChI is InChI=1S/C16H17BrN2O/c1-19(2)18-11-14-5-3-4-6-16(14)20-12-13-7-9-15(17)10-8-13/h3-11H,12H2,1-2H3/b18-11+. The van der Waals surface area contributed by atoms with E-state index in [-0.39, 0.29) is 0 Å². The molecule has 20 heavy (non-hydrogen) atoms. The summed E-state index contributed by atoms with van der Waals surface area (Å²) in [4.78, 5) is 0. The highest BCUT2D eigenvalue weighted by molar-refractivity contribution is 9.10. The number of rotatable bonds is 5. The van der Waals surface area contributed by atoms with Gasteiger partial charge in [0, 0.05) is 24.1 Å². The summed E-state index contributed by atoms with van der Waals surface area (Å²) in [5.41, 5.74) is 2.10. The Morgan fingerprint density at radius 1 is 1.10 bits per heavy atom. The van der Waals surface area contributed by atoms with E-state index in [1.807, 2.05) is 62.6 Å². The molecule has 0 saturated carbocycles. The van der Waals surface area contributed by atoms with Crippen LogP contribution in [0.2, 0.25) is 0 Å². The van der Waals surface area contributed by atoms with Gasteiger partial charge in [0.25, 0.3) is 0 Å². The molecular formula is C16H17BrN2O. The topological polar surface area (TPSA) is 24.8 Å². The lowest BCUT2D eigenvalue weighted by atomic mass is 10.2. The molecule has 0 spiro atoms. The number of hydrogen-bond donors (Lipinski definition) is 0. The smallest absolute Gasteiger partial charge is 0.128 e. The van der Waals surface area contributed by atoms with Crippen molar-refractivity contribution in [3.63, 3.8) is 0 Å². The van der Waals surface area contributed by atoms with Gasteiger partial charge in [-0.2, -0.15) is 5.10 Å². The molecule has 0 aromatic heterocycles. The molecule has 0 heterocycles. The Kier molecular flexibility index (Phi) is 5.18. The summed E-state index contributed by atoms with van der Waals surface area (Å²) in [7, 11) is 3.78. The van der Waals surface area contributed by atoms with Gasteiger partial charge in [-0.25, -0.2) is 0 Å². The molecule has 0 amide bonds. The Labute approximate surface area is 128 Å². The highest BCUT2D eigenvalue weighted by Gasteiger charge is 2.01. The molecular weight excluding hydrogens is 316 g/mol. The number of benzene rings is 2. The van der Waals surface area contributed by atoms with Crippen molar-refractivity contribution in [2.45, 2.75) is 6.61 Å². The van der Waals surface area contributed by atoms with Gasteiger partial charge in [-0.05, 0) is 29.8 Å². The van der Waals surface area contributed by atoms with Crippen LogP contribution in [0.1, 0.15) is 11.1 Å². The molecule has 0 bridgehead atoms. The van der Waals surface area contributed by atoms with Crippen LogP contribution in [0.3, 0.4) is 0 Å². The average Bonchev–Trinajstić information content (AvgIpc) is 2.45. The van der Waals surface area contributed by atoms with Gasteiger partial charge in [-0.3, -0.25) is 0 Å². The van der Waals surface area contributed by atoms with Gasteiger partial charge >= 0.3 is 0 Å². The van der Waals surface area contributed by atoms with E-state index in [4.69, 9.17) is 4.74 Å². The van der Waals surface area contributed by atoms with E-state index in [0.717, 1.165) is 21.3 Å². The van der Waals surface area contributed by atoms with Crippen LogP contribution in [0.5, 0.6) is 5.75 Å². The molecule has 2 aromatic rings. The third kappa shape index (κ3) is 4.38. The minimum Gasteiger partial charge on any atom is -0.488 e. The average molecular weight is 333 g/mol. The lowest BCUT2D eigenvalue weighted by Crippen LogP contribution is -2.03. The minimum atomic E-state index is 0.542. The van der Waals surface area contributed by atoms with Gasteiger partial charge in [0.1, 0.15) is 12.4 Å². The molecule has 0 aliphatic rings. The van der Waals surface area contributed by atoms with Crippen LogP contribution < -0.4 is 4.74 Å². The highest BCUT2D eigenvalue weighted by Crippen LogP contribution is 2.18. The van der Waals surface area contributed by atoms with Crippen LogP contribution in [0.25, 0.3) is 0 Å². The molecule has 0 saturated heterocycles. The molecule has 0 fully saturated rings. The third-order valence-corrected chi connectivity index (χ3v) is 3.18. The zero-order chi connectivity index (χ0) is 14.4. The van der Waals surface area contributed by atoms with Crippen molar-refractivity contribution in [2.24, 2.45) is 5.10 Å². The normalized spacial score (nSPS) is 10.8. The van der Waals surface area contributed by atoms with Gasteiger partial charge < -0.3 is 9.75 Å². The molecule has 0 aliphatic carbocycles. The van der Waals surface area contributed by atoms with Crippen molar-refractivity contribution >= 4 is 22.1 Å². The van der Waals surface area contributed by atoms with Crippen molar-refractivity contribution in [1.82, 2.24) is 5.01 Å². The van der Waals surface area contributed by atoms with Gasteiger partial charge in [0.2, 0.25) is 0 Å². The summed E-state index contributed by atoms with van der Waals surface area (Å²) in [5, 5.41) is 6.00. The second-order valence-corrected chi connectivity index (χ2v) is 5.46. The molecule has 2 aromatic carbocycles. The maximum Gasteiger partial charge on any atom is 0.128 e. The summed E-state index contributed by atoms with van der Waals surface area (Å²) in [5.74, 6) is 0.834. The van der Waals surface area contributed by atoms with E-state index in [1.165, 1.54) is 0 Å². The molecule has 0 unspecified atom stereocenters. The van der Waals surface area contributed by atoms with Crippen molar-refractivity contribution in [2.75, 3.05) is 14.1 Å². The van der Waals surface area contributed by atoms with E-state index >= 15 is 0 Å². The summed E-state index contributed by atoms with van der Waals surface area (Å²) >= 11 is 3.42. The monoisotopic (exact) mass is 332 g/mol. The number of hydrogen-bond acceptors (Lipinski definition) is 3.